The van der Waals surface area contributed by atoms with Gasteiger partial charge in [0.1, 0.15) is 23.0 Å². The Hall–Kier alpha value is -4.53. The largest absolute Gasteiger partial charge is 0.460 e. The van der Waals surface area contributed by atoms with Crippen LogP contribution in [0.5, 0.6) is 5.75 Å². The van der Waals surface area contributed by atoms with Gasteiger partial charge in [-0.25, -0.2) is 4.98 Å². The number of nitrogens with zero attached hydrogens (tertiary/aromatic N) is 3. The van der Waals surface area contributed by atoms with Gasteiger partial charge in [0, 0.05) is 11.5 Å². The second kappa shape index (κ2) is 10.4. The number of carbonyl (C=O) groups is 2. The summed E-state index contributed by atoms with van der Waals surface area (Å²) in [4.78, 5) is 28.4. The highest BCUT2D eigenvalue weighted by Crippen LogP contribution is 2.39. The quantitative estimate of drug-likeness (QED) is 0.316. The second-order valence-electron chi connectivity index (χ2n) is 7.71. The third-order valence-electron chi connectivity index (χ3n) is 5.02. The van der Waals surface area contributed by atoms with Crippen LogP contribution >= 0.6 is 0 Å². The van der Waals surface area contributed by atoms with Crippen LogP contribution in [0, 0.1) is 5.92 Å². The molecule has 0 bridgehead atoms. The number of carbonyl (C=O) groups excluding carboxylic acids is 2. The fraction of sp³-hybridized carbons (Fsp3) is 0.160. The summed E-state index contributed by atoms with van der Waals surface area (Å²) in [5.41, 5.74) is 7.34. The van der Waals surface area contributed by atoms with Gasteiger partial charge in [-0.1, -0.05) is 36.9 Å². The van der Waals surface area contributed by atoms with Crippen LogP contribution in [0.15, 0.2) is 89.3 Å². The number of para-hydroxylation sites is 1. The zero-order valence-corrected chi connectivity index (χ0v) is 18.4. The van der Waals surface area contributed by atoms with Crippen molar-refractivity contribution in [3.05, 3.63) is 84.6 Å². The first-order chi connectivity index (χ1) is 16.5. The number of amides is 2. The summed E-state index contributed by atoms with van der Waals surface area (Å²) in [6.07, 6.45) is 2.18. The molecule has 1 aliphatic carbocycles. The van der Waals surface area contributed by atoms with E-state index in [4.69, 9.17) is 10.5 Å². The van der Waals surface area contributed by atoms with Gasteiger partial charge < -0.3 is 21.1 Å². The van der Waals surface area contributed by atoms with Crippen molar-refractivity contribution in [1.29, 1.82) is 0 Å². The Morgan fingerprint density at radius 3 is 2.44 bits per heavy atom. The topological polar surface area (TPSA) is 131 Å². The van der Waals surface area contributed by atoms with Crippen molar-refractivity contribution in [2.75, 3.05) is 17.6 Å². The molecule has 2 amide bonds. The molecule has 0 saturated heterocycles. The first-order valence-electron chi connectivity index (χ1n) is 10.8. The number of hydrogen-bond acceptors (Lipinski definition) is 7. The molecular formula is C25H24N6O3. The molecule has 1 fully saturated rings. The summed E-state index contributed by atoms with van der Waals surface area (Å²) in [7, 11) is 0. The summed E-state index contributed by atoms with van der Waals surface area (Å²) < 4.78 is 5.85. The monoisotopic (exact) mass is 456 g/mol. The molecule has 1 aliphatic rings. The second-order valence-corrected chi connectivity index (χ2v) is 7.71. The minimum atomic E-state index is -0.437. The Bertz CT molecular complexity index is 1240. The van der Waals surface area contributed by atoms with Gasteiger partial charge in [-0.15, -0.1) is 10.2 Å². The number of benzene rings is 2. The first-order valence-corrected chi connectivity index (χ1v) is 10.8. The van der Waals surface area contributed by atoms with Crippen molar-refractivity contribution in [2.24, 2.45) is 16.1 Å². The molecule has 1 saturated carbocycles. The maximum absolute atomic E-state index is 12.2. The predicted octanol–water partition coefficient (Wildman–Crippen LogP) is 4.75. The summed E-state index contributed by atoms with van der Waals surface area (Å²) in [6, 6.07) is 19.0. The molecule has 2 aromatic carbocycles. The Morgan fingerprint density at radius 1 is 1.00 bits per heavy atom. The van der Waals surface area contributed by atoms with E-state index in [-0.39, 0.29) is 24.1 Å². The number of ether oxygens (including phenoxy) is 1. The number of aromatic nitrogens is 1. The molecule has 0 atom stereocenters. The highest BCUT2D eigenvalue weighted by atomic mass is 16.5. The minimum Gasteiger partial charge on any atom is -0.460 e. The van der Waals surface area contributed by atoms with Crippen LogP contribution in [0.25, 0.3) is 0 Å². The molecule has 0 radical (unpaired) electrons. The molecule has 4 N–H and O–H groups in total. The van der Waals surface area contributed by atoms with Crippen molar-refractivity contribution < 1.29 is 14.3 Å². The van der Waals surface area contributed by atoms with Gasteiger partial charge in [0.2, 0.25) is 5.91 Å². The van der Waals surface area contributed by atoms with Crippen LogP contribution < -0.4 is 21.1 Å². The molecule has 34 heavy (non-hydrogen) atoms. The Labute approximate surface area is 196 Å². The van der Waals surface area contributed by atoms with E-state index < -0.39 is 5.91 Å². The van der Waals surface area contributed by atoms with E-state index >= 15 is 0 Å². The molecule has 1 heterocycles. The van der Waals surface area contributed by atoms with Crippen molar-refractivity contribution in [1.82, 2.24) is 10.3 Å². The average molecular weight is 457 g/mol. The van der Waals surface area contributed by atoms with Crippen LogP contribution in [-0.4, -0.2) is 23.3 Å². The zero-order valence-electron chi connectivity index (χ0n) is 18.4. The number of azo groups is 1. The van der Waals surface area contributed by atoms with E-state index in [0.717, 1.165) is 18.6 Å². The van der Waals surface area contributed by atoms with E-state index in [0.29, 0.717) is 28.6 Å². The highest BCUT2D eigenvalue weighted by Gasteiger charge is 2.26. The lowest BCUT2D eigenvalue weighted by atomic mass is 10.2. The van der Waals surface area contributed by atoms with Crippen molar-refractivity contribution in [2.45, 2.75) is 12.8 Å². The summed E-state index contributed by atoms with van der Waals surface area (Å²) in [5.74, 6) is 1.24. The molecule has 9 heteroatoms. The van der Waals surface area contributed by atoms with E-state index in [1.807, 2.05) is 18.2 Å². The lowest BCUT2D eigenvalue weighted by molar-refractivity contribution is -0.115. The van der Waals surface area contributed by atoms with Crippen molar-refractivity contribution in [3.63, 3.8) is 0 Å². The SMILES string of the molecule is C=C(Oc1ccccc1/N=N/c1ccc(NC(=O)CNC(=O)c2ccccc2)nc1N)C1CC1. The number of rotatable bonds is 9. The number of nitrogen functional groups attached to an aromatic ring is 1. The molecule has 172 valence electrons. The molecule has 9 nitrogen and oxygen atoms in total. The van der Waals surface area contributed by atoms with Gasteiger partial charge in [0.05, 0.1) is 6.54 Å². The van der Waals surface area contributed by atoms with Gasteiger partial charge in [0.25, 0.3) is 5.91 Å². The fourth-order valence-corrected chi connectivity index (χ4v) is 3.02. The van der Waals surface area contributed by atoms with Gasteiger partial charge in [-0.05, 0) is 49.2 Å². The number of nitrogens with one attached hydrogen (secondary N) is 2. The van der Waals surface area contributed by atoms with Crippen LogP contribution in [0.1, 0.15) is 23.2 Å². The molecule has 1 aromatic heterocycles. The van der Waals surface area contributed by atoms with E-state index in [9.17, 15) is 9.59 Å². The van der Waals surface area contributed by atoms with Crippen molar-refractivity contribution in [3.8, 4) is 5.75 Å². The van der Waals surface area contributed by atoms with E-state index in [2.05, 4.69) is 32.4 Å². The molecule has 0 spiro atoms. The number of pyridine rings is 1. The zero-order chi connectivity index (χ0) is 23.9. The molecular weight excluding hydrogens is 432 g/mol. The predicted molar refractivity (Wildman–Crippen MR) is 129 cm³/mol. The molecule has 0 aliphatic heterocycles. The lowest BCUT2D eigenvalue weighted by Gasteiger charge is -2.09. The van der Waals surface area contributed by atoms with E-state index in [1.54, 1.807) is 48.5 Å². The lowest BCUT2D eigenvalue weighted by Crippen LogP contribution is -2.33. The maximum Gasteiger partial charge on any atom is 0.251 e. The van der Waals surface area contributed by atoms with Gasteiger partial charge in [-0.3, -0.25) is 9.59 Å². The van der Waals surface area contributed by atoms with Gasteiger partial charge in [0.15, 0.2) is 11.6 Å². The highest BCUT2D eigenvalue weighted by molar-refractivity contribution is 5.99. The number of nitrogens with two attached hydrogens (primary N) is 1. The van der Waals surface area contributed by atoms with Crippen LogP contribution in [0.2, 0.25) is 0 Å². The van der Waals surface area contributed by atoms with E-state index in [1.165, 1.54) is 0 Å². The summed E-state index contributed by atoms with van der Waals surface area (Å²) >= 11 is 0. The van der Waals surface area contributed by atoms with Gasteiger partial charge >= 0.3 is 0 Å². The Balaban J connectivity index is 1.35. The fourth-order valence-electron chi connectivity index (χ4n) is 3.02. The molecule has 3 aromatic rings. The average Bonchev–Trinajstić information content (AvgIpc) is 3.69. The minimum absolute atomic E-state index is 0.0932. The number of anilines is 2. The number of allylic oxidation sites excluding steroid dienone is 1. The normalized spacial score (nSPS) is 12.8. The first kappa shape index (κ1) is 22.7. The maximum atomic E-state index is 12.2. The molecule has 4 rings (SSSR count). The number of hydrogen-bond donors (Lipinski definition) is 3. The third-order valence-corrected chi connectivity index (χ3v) is 5.02. The Morgan fingerprint density at radius 2 is 1.71 bits per heavy atom. The summed E-state index contributed by atoms with van der Waals surface area (Å²) in [6.45, 7) is 3.77. The Kier molecular flexibility index (Phi) is 6.92. The third kappa shape index (κ3) is 6.04. The summed E-state index contributed by atoms with van der Waals surface area (Å²) in [5, 5.41) is 13.6. The standard InChI is InChI=1S/C25H24N6O3/c1-16(17-11-12-17)34-21-10-6-5-9-19(21)30-31-20-13-14-22(29-24(20)26)28-23(32)15-27-25(33)18-7-3-2-4-8-18/h2-10,13-14,17H,1,11-12,15H2,(H,27,33)(H3,26,28,29,32)/b31-30+. The molecule has 0 unspecified atom stereocenters. The van der Waals surface area contributed by atoms with Crippen LogP contribution in [0.4, 0.5) is 23.0 Å². The smallest absolute Gasteiger partial charge is 0.251 e. The van der Waals surface area contributed by atoms with Crippen LogP contribution in [0.3, 0.4) is 0 Å². The van der Waals surface area contributed by atoms with Gasteiger partial charge in [-0.2, -0.15) is 0 Å². The van der Waals surface area contributed by atoms with Crippen LogP contribution in [-0.2, 0) is 4.79 Å². The van der Waals surface area contributed by atoms with Crippen molar-refractivity contribution >= 4 is 34.8 Å².